The number of nitrogens with zero attached hydrogens (tertiary/aromatic N) is 2. The first-order valence-corrected chi connectivity index (χ1v) is 11.4. The molecule has 1 aromatic carbocycles. The summed E-state index contributed by atoms with van der Waals surface area (Å²) in [4.78, 5) is 24.7. The number of esters is 2. The lowest BCUT2D eigenvalue weighted by atomic mass is 10.1. The molecule has 10 heteroatoms. The van der Waals surface area contributed by atoms with Gasteiger partial charge in [-0.3, -0.25) is 4.68 Å². The maximum absolute atomic E-state index is 12.3. The summed E-state index contributed by atoms with van der Waals surface area (Å²) in [6.07, 6.45) is 0. The van der Waals surface area contributed by atoms with Gasteiger partial charge in [0, 0.05) is 0 Å². The molecule has 2 heterocycles. The number of nitrogens with one attached hydrogen (secondary N) is 2. The summed E-state index contributed by atoms with van der Waals surface area (Å²) < 4.78 is 11.6. The number of rotatable bonds is 6. The molecule has 0 aliphatic heterocycles. The van der Waals surface area contributed by atoms with Crippen LogP contribution >= 0.6 is 23.6 Å². The molecule has 0 saturated heterocycles. The van der Waals surface area contributed by atoms with Crippen molar-refractivity contribution in [2.75, 3.05) is 24.9 Å². The third kappa shape index (κ3) is 5.23. The minimum Gasteiger partial charge on any atom is -0.465 e. The van der Waals surface area contributed by atoms with E-state index in [4.69, 9.17) is 21.7 Å². The summed E-state index contributed by atoms with van der Waals surface area (Å²) in [5.41, 5.74) is 5.55. The standard InChI is InChI=1S/C23H26N4O4S2/c1-12-7-9-16(10-8-12)11-27-15(4)18(14(3)26-27)24-23(32)25-20-17(21(28)30-5)13(2)19(33-20)22(29)31-6/h7-10H,11H2,1-6H3,(H2,24,25,32). The molecule has 2 N–H and O–H groups in total. The molecular weight excluding hydrogens is 460 g/mol. The Morgan fingerprint density at radius 3 is 2.27 bits per heavy atom. The third-order valence-corrected chi connectivity index (χ3v) is 6.60. The number of thiophene rings is 1. The molecule has 3 rings (SSSR count). The Labute approximate surface area is 201 Å². The van der Waals surface area contributed by atoms with Crippen molar-refractivity contribution in [2.24, 2.45) is 0 Å². The van der Waals surface area contributed by atoms with Crippen molar-refractivity contribution in [2.45, 2.75) is 34.2 Å². The lowest BCUT2D eigenvalue weighted by molar-refractivity contribution is 0.0601. The first kappa shape index (κ1) is 24.4. The van der Waals surface area contributed by atoms with Crippen molar-refractivity contribution in [3.8, 4) is 0 Å². The number of hydrogen-bond acceptors (Lipinski definition) is 7. The van der Waals surface area contributed by atoms with E-state index in [2.05, 4.69) is 46.9 Å². The lowest BCUT2D eigenvalue weighted by Gasteiger charge is -2.11. The summed E-state index contributed by atoms with van der Waals surface area (Å²) in [6, 6.07) is 8.31. The molecule has 0 bridgehead atoms. The third-order valence-electron chi connectivity index (χ3n) is 5.21. The monoisotopic (exact) mass is 486 g/mol. The van der Waals surface area contributed by atoms with E-state index in [0.29, 0.717) is 22.0 Å². The molecule has 174 valence electrons. The number of thiocarbonyl (C=S) groups is 1. The van der Waals surface area contributed by atoms with E-state index >= 15 is 0 Å². The van der Waals surface area contributed by atoms with Gasteiger partial charge in [-0.05, 0) is 51.0 Å². The van der Waals surface area contributed by atoms with E-state index in [0.717, 1.165) is 34.0 Å². The number of anilines is 2. The van der Waals surface area contributed by atoms with Gasteiger partial charge >= 0.3 is 11.9 Å². The highest BCUT2D eigenvalue weighted by Crippen LogP contribution is 2.34. The van der Waals surface area contributed by atoms with E-state index < -0.39 is 11.9 Å². The fraction of sp³-hybridized carbons (Fsp3) is 0.304. The van der Waals surface area contributed by atoms with E-state index in [-0.39, 0.29) is 10.7 Å². The first-order valence-electron chi connectivity index (χ1n) is 10.1. The van der Waals surface area contributed by atoms with Crippen molar-refractivity contribution in [3.63, 3.8) is 0 Å². The number of aromatic nitrogens is 2. The molecule has 0 fully saturated rings. The van der Waals surface area contributed by atoms with Gasteiger partial charge in [0.1, 0.15) is 9.88 Å². The van der Waals surface area contributed by atoms with Crippen LogP contribution in [0.2, 0.25) is 0 Å². The average Bonchev–Trinajstić information content (AvgIpc) is 3.24. The zero-order valence-corrected chi connectivity index (χ0v) is 21.0. The SMILES string of the molecule is COC(=O)c1sc(NC(=S)Nc2c(C)nn(Cc3ccc(C)cc3)c2C)c(C(=O)OC)c1C. The van der Waals surface area contributed by atoms with E-state index in [1.807, 2.05) is 18.5 Å². The van der Waals surface area contributed by atoms with Crippen molar-refractivity contribution < 1.29 is 19.1 Å². The second-order valence-electron chi connectivity index (χ2n) is 7.51. The van der Waals surface area contributed by atoms with Crippen LogP contribution in [-0.4, -0.2) is 41.1 Å². The number of ether oxygens (including phenoxy) is 2. The molecule has 0 spiro atoms. The zero-order chi connectivity index (χ0) is 24.3. The minimum atomic E-state index is -0.567. The highest BCUT2D eigenvalue weighted by Gasteiger charge is 2.26. The number of methoxy groups -OCH3 is 2. The summed E-state index contributed by atoms with van der Waals surface area (Å²) in [6.45, 7) is 8.21. The normalized spacial score (nSPS) is 10.6. The Balaban J connectivity index is 1.83. The van der Waals surface area contributed by atoms with Crippen LogP contribution in [0.1, 0.15) is 48.1 Å². The van der Waals surface area contributed by atoms with Gasteiger partial charge < -0.3 is 20.1 Å². The smallest absolute Gasteiger partial charge is 0.348 e. The quantitative estimate of drug-likeness (QED) is 0.385. The van der Waals surface area contributed by atoms with Gasteiger partial charge in [-0.25, -0.2) is 9.59 Å². The van der Waals surface area contributed by atoms with Crippen LogP contribution in [0.25, 0.3) is 0 Å². The summed E-state index contributed by atoms with van der Waals surface area (Å²) in [7, 11) is 2.57. The average molecular weight is 487 g/mol. The second-order valence-corrected chi connectivity index (χ2v) is 8.94. The maximum Gasteiger partial charge on any atom is 0.348 e. The second kappa shape index (κ2) is 10.1. The molecule has 0 amide bonds. The zero-order valence-electron chi connectivity index (χ0n) is 19.4. The molecule has 0 aliphatic carbocycles. The van der Waals surface area contributed by atoms with Crippen LogP contribution in [-0.2, 0) is 16.0 Å². The fourth-order valence-corrected chi connectivity index (χ4v) is 4.77. The van der Waals surface area contributed by atoms with Crippen LogP contribution in [0.15, 0.2) is 24.3 Å². The fourth-order valence-electron chi connectivity index (χ4n) is 3.38. The van der Waals surface area contributed by atoms with Gasteiger partial charge in [0.05, 0.1) is 43.4 Å². The van der Waals surface area contributed by atoms with Gasteiger partial charge in [0.15, 0.2) is 5.11 Å². The summed E-state index contributed by atoms with van der Waals surface area (Å²) in [5.74, 6) is -1.10. The number of benzene rings is 1. The Morgan fingerprint density at radius 2 is 1.67 bits per heavy atom. The van der Waals surface area contributed by atoms with Crippen molar-refractivity contribution in [1.29, 1.82) is 0 Å². The van der Waals surface area contributed by atoms with E-state index in [9.17, 15) is 9.59 Å². The Hall–Kier alpha value is -3.24. The number of hydrogen-bond donors (Lipinski definition) is 2. The highest BCUT2D eigenvalue weighted by molar-refractivity contribution is 7.80. The highest BCUT2D eigenvalue weighted by atomic mass is 32.1. The Kier molecular flexibility index (Phi) is 7.50. The lowest BCUT2D eigenvalue weighted by Crippen LogP contribution is -2.21. The molecule has 8 nitrogen and oxygen atoms in total. The van der Waals surface area contributed by atoms with E-state index in [1.54, 1.807) is 6.92 Å². The first-order chi connectivity index (χ1) is 15.7. The van der Waals surface area contributed by atoms with Crippen molar-refractivity contribution in [1.82, 2.24) is 9.78 Å². The topological polar surface area (TPSA) is 94.5 Å². The molecule has 3 aromatic rings. The van der Waals surface area contributed by atoms with Crippen LogP contribution in [0.3, 0.4) is 0 Å². The number of carbonyl (C=O) groups excluding carboxylic acids is 2. The summed E-state index contributed by atoms with van der Waals surface area (Å²) >= 11 is 6.58. The van der Waals surface area contributed by atoms with Crippen LogP contribution in [0.4, 0.5) is 10.7 Å². The van der Waals surface area contributed by atoms with Gasteiger partial charge in [-0.15, -0.1) is 11.3 Å². The van der Waals surface area contributed by atoms with Gasteiger partial charge in [-0.1, -0.05) is 29.8 Å². The number of aryl methyl sites for hydroxylation is 2. The Morgan fingerprint density at radius 1 is 1.03 bits per heavy atom. The molecule has 0 saturated carbocycles. The number of carbonyl (C=O) groups is 2. The molecule has 33 heavy (non-hydrogen) atoms. The van der Waals surface area contributed by atoms with Crippen molar-refractivity contribution >= 4 is 51.3 Å². The van der Waals surface area contributed by atoms with Crippen LogP contribution in [0, 0.1) is 27.7 Å². The minimum absolute atomic E-state index is 0.246. The molecule has 0 radical (unpaired) electrons. The van der Waals surface area contributed by atoms with Crippen LogP contribution < -0.4 is 10.6 Å². The predicted molar refractivity (Wildman–Crippen MR) is 134 cm³/mol. The van der Waals surface area contributed by atoms with Gasteiger partial charge in [0.2, 0.25) is 0 Å². The van der Waals surface area contributed by atoms with Crippen LogP contribution in [0.5, 0.6) is 0 Å². The molecule has 2 aromatic heterocycles. The largest absolute Gasteiger partial charge is 0.465 e. The summed E-state index contributed by atoms with van der Waals surface area (Å²) in [5, 5.41) is 11.5. The van der Waals surface area contributed by atoms with Gasteiger partial charge in [-0.2, -0.15) is 5.10 Å². The van der Waals surface area contributed by atoms with Gasteiger partial charge in [0.25, 0.3) is 0 Å². The molecule has 0 unspecified atom stereocenters. The molecular formula is C23H26N4O4S2. The maximum atomic E-state index is 12.3. The Bertz CT molecular complexity index is 1210. The predicted octanol–water partition coefficient (Wildman–Crippen LogP) is 4.61. The van der Waals surface area contributed by atoms with Crippen molar-refractivity contribution in [3.05, 3.63) is 62.8 Å². The molecule has 0 aliphatic rings. The molecule has 0 atom stereocenters. The van der Waals surface area contributed by atoms with E-state index in [1.165, 1.54) is 19.8 Å².